The molecule has 1 heterocycles. The summed E-state index contributed by atoms with van der Waals surface area (Å²) < 4.78 is 11.1. The maximum absolute atomic E-state index is 5.62. The Kier molecular flexibility index (Phi) is 4.44. The lowest BCUT2D eigenvalue weighted by Crippen LogP contribution is -2.25. The van der Waals surface area contributed by atoms with Crippen molar-refractivity contribution in [3.8, 4) is 11.5 Å². The molecule has 4 heteroatoms. The Bertz CT molecular complexity index is 419. The first-order valence-electron chi connectivity index (χ1n) is 6.48. The van der Waals surface area contributed by atoms with Gasteiger partial charge in [0, 0.05) is 29.8 Å². The largest absolute Gasteiger partial charge is 0.496 e. The zero-order valence-corrected chi connectivity index (χ0v) is 11.4. The Morgan fingerprint density at radius 2 is 2.11 bits per heavy atom. The second kappa shape index (κ2) is 6.07. The average Bonchev–Trinajstić information content (AvgIpc) is 2.43. The Hall–Kier alpha value is -1.26. The first-order valence-corrected chi connectivity index (χ1v) is 6.48. The maximum Gasteiger partial charge on any atom is 0.127 e. The zero-order chi connectivity index (χ0) is 13.0. The van der Waals surface area contributed by atoms with Crippen molar-refractivity contribution < 1.29 is 9.47 Å². The smallest absolute Gasteiger partial charge is 0.127 e. The van der Waals surface area contributed by atoms with E-state index >= 15 is 0 Å². The fourth-order valence-electron chi connectivity index (χ4n) is 2.50. The van der Waals surface area contributed by atoms with Crippen LogP contribution in [-0.4, -0.2) is 27.3 Å². The monoisotopic (exact) mass is 250 g/mol. The summed E-state index contributed by atoms with van der Waals surface area (Å²) in [6.45, 7) is 5.72. The molecule has 0 atom stereocenters. The van der Waals surface area contributed by atoms with Crippen LogP contribution in [0.25, 0.3) is 0 Å². The van der Waals surface area contributed by atoms with Gasteiger partial charge in [0.05, 0.1) is 14.2 Å². The SMILES string of the molecule is CCNCc1cc(OC)c2c(c1OC)CCNC2. The molecule has 1 aliphatic heterocycles. The number of benzene rings is 1. The summed E-state index contributed by atoms with van der Waals surface area (Å²) in [4.78, 5) is 0. The van der Waals surface area contributed by atoms with Crippen molar-refractivity contribution in [1.82, 2.24) is 10.6 Å². The fraction of sp³-hybridized carbons (Fsp3) is 0.571. The maximum atomic E-state index is 5.62. The standard InChI is InChI=1S/C14H22N2O2/c1-4-15-8-10-7-13(17-2)12-9-16-6-5-11(12)14(10)18-3/h7,15-16H,4-6,8-9H2,1-3H3. The number of fused-ring (bicyclic) bond motifs is 1. The summed E-state index contributed by atoms with van der Waals surface area (Å²) in [6, 6.07) is 2.09. The molecule has 1 aromatic rings. The number of methoxy groups -OCH3 is 2. The van der Waals surface area contributed by atoms with Crippen LogP contribution < -0.4 is 20.1 Å². The van der Waals surface area contributed by atoms with Crippen LogP contribution in [0.3, 0.4) is 0 Å². The minimum Gasteiger partial charge on any atom is -0.496 e. The lowest BCUT2D eigenvalue weighted by molar-refractivity contribution is 0.382. The van der Waals surface area contributed by atoms with Crippen molar-refractivity contribution in [3.05, 3.63) is 22.8 Å². The van der Waals surface area contributed by atoms with E-state index in [0.29, 0.717) is 0 Å². The van der Waals surface area contributed by atoms with Crippen molar-refractivity contribution in [1.29, 1.82) is 0 Å². The topological polar surface area (TPSA) is 42.5 Å². The Morgan fingerprint density at radius 1 is 1.28 bits per heavy atom. The van der Waals surface area contributed by atoms with Crippen LogP contribution in [0.4, 0.5) is 0 Å². The molecule has 0 aromatic heterocycles. The molecule has 2 N–H and O–H groups in total. The van der Waals surface area contributed by atoms with Crippen LogP contribution in [0.2, 0.25) is 0 Å². The first kappa shape index (κ1) is 13.2. The molecule has 0 amide bonds. The quantitative estimate of drug-likeness (QED) is 0.830. The van der Waals surface area contributed by atoms with Gasteiger partial charge in [-0.1, -0.05) is 6.92 Å². The van der Waals surface area contributed by atoms with E-state index in [4.69, 9.17) is 9.47 Å². The third-order valence-corrected chi connectivity index (χ3v) is 3.38. The lowest BCUT2D eigenvalue weighted by Gasteiger charge is -2.24. The van der Waals surface area contributed by atoms with Gasteiger partial charge in [0.1, 0.15) is 11.5 Å². The molecule has 1 aromatic carbocycles. The molecular formula is C14H22N2O2. The third-order valence-electron chi connectivity index (χ3n) is 3.38. The van der Waals surface area contributed by atoms with E-state index in [0.717, 1.165) is 44.1 Å². The molecule has 0 saturated heterocycles. The van der Waals surface area contributed by atoms with E-state index in [-0.39, 0.29) is 0 Å². The number of hydrogen-bond acceptors (Lipinski definition) is 4. The van der Waals surface area contributed by atoms with Crippen molar-refractivity contribution in [2.24, 2.45) is 0 Å². The number of nitrogens with one attached hydrogen (secondary N) is 2. The Balaban J connectivity index is 2.46. The van der Waals surface area contributed by atoms with E-state index in [1.165, 1.54) is 16.7 Å². The third kappa shape index (κ3) is 2.44. The molecule has 4 nitrogen and oxygen atoms in total. The van der Waals surface area contributed by atoms with Gasteiger partial charge in [-0.05, 0) is 25.6 Å². The van der Waals surface area contributed by atoms with Gasteiger partial charge in [0.2, 0.25) is 0 Å². The Labute approximate surface area is 109 Å². The average molecular weight is 250 g/mol. The summed E-state index contributed by atoms with van der Waals surface area (Å²) in [6.07, 6.45) is 0.995. The van der Waals surface area contributed by atoms with Gasteiger partial charge in [0.15, 0.2) is 0 Å². The molecule has 100 valence electrons. The van der Waals surface area contributed by atoms with Crippen LogP contribution in [0, 0.1) is 0 Å². The van der Waals surface area contributed by atoms with Gasteiger partial charge in [-0.25, -0.2) is 0 Å². The van der Waals surface area contributed by atoms with Crippen molar-refractivity contribution in [2.45, 2.75) is 26.4 Å². The van der Waals surface area contributed by atoms with Gasteiger partial charge in [-0.15, -0.1) is 0 Å². The highest BCUT2D eigenvalue weighted by Crippen LogP contribution is 2.36. The normalized spacial score (nSPS) is 14.2. The summed E-state index contributed by atoms with van der Waals surface area (Å²) >= 11 is 0. The van der Waals surface area contributed by atoms with Crippen molar-refractivity contribution in [3.63, 3.8) is 0 Å². The molecule has 0 aliphatic carbocycles. The van der Waals surface area contributed by atoms with Gasteiger partial charge in [0.25, 0.3) is 0 Å². The number of hydrogen-bond donors (Lipinski definition) is 2. The minimum atomic E-state index is 0.816. The summed E-state index contributed by atoms with van der Waals surface area (Å²) in [5.41, 5.74) is 3.71. The summed E-state index contributed by atoms with van der Waals surface area (Å²) in [5.74, 6) is 1.99. The predicted octanol–water partition coefficient (Wildman–Crippen LogP) is 1.46. The van der Waals surface area contributed by atoms with Gasteiger partial charge in [-0.2, -0.15) is 0 Å². The highest BCUT2D eigenvalue weighted by molar-refractivity contribution is 5.54. The van der Waals surface area contributed by atoms with E-state index < -0.39 is 0 Å². The minimum absolute atomic E-state index is 0.816. The Morgan fingerprint density at radius 3 is 2.78 bits per heavy atom. The molecule has 0 radical (unpaired) electrons. The van der Waals surface area contributed by atoms with Crippen LogP contribution in [0.5, 0.6) is 11.5 Å². The zero-order valence-electron chi connectivity index (χ0n) is 11.4. The molecule has 0 saturated carbocycles. The van der Waals surface area contributed by atoms with Gasteiger partial charge < -0.3 is 20.1 Å². The molecule has 0 unspecified atom stereocenters. The molecule has 0 spiro atoms. The molecular weight excluding hydrogens is 228 g/mol. The van der Waals surface area contributed by atoms with Crippen LogP contribution >= 0.6 is 0 Å². The van der Waals surface area contributed by atoms with Crippen LogP contribution in [0.1, 0.15) is 23.6 Å². The van der Waals surface area contributed by atoms with Gasteiger partial charge in [-0.3, -0.25) is 0 Å². The predicted molar refractivity (Wildman–Crippen MR) is 72.3 cm³/mol. The summed E-state index contributed by atoms with van der Waals surface area (Å²) in [5, 5.41) is 6.72. The molecule has 18 heavy (non-hydrogen) atoms. The van der Waals surface area contributed by atoms with E-state index in [1.807, 2.05) is 0 Å². The lowest BCUT2D eigenvalue weighted by atomic mass is 9.95. The highest BCUT2D eigenvalue weighted by atomic mass is 16.5. The highest BCUT2D eigenvalue weighted by Gasteiger charge is 2.21. The number of ether oxygens (including phenoxy) is 2. The first-order chi connectivity index (χ1) is 8.81. The fourth-order valence-corrected chi connectivity index (χ4v) is 2.50. The van der Waals surface area contributed by atoms with E-state index in [2.05, 4.69) is 23.6 Å². The molecule has 2 rings (SSSR count). The number of rotatable bonds is 5. The molecule has 0 bridgehead atoms. The van der Waals surface area contributed by atoms with Crippen molar-refractivity contribution in [2.75, 3.05) is 27.3 Å². The van der Waals surface area contributed by atoms with Crippen LogP contribution in [0.15, 0.2) is 6.07 Å². The summed E-state index contributed by atoms with van der Waals surface area (Å²) in [7, 11) is 3.48. The van der Waals surface area contributed by atoms with E-state index in [9.17, 15) is 0 Å². The second-order valence-corrected chi connectivity index (χ2v) is 4.44. The van der Waals surface area contributed by atoms with E-state index in [1.54, 1.807) is 14.2 Å². The van der Waals surface area contributed by atoms with Crippen LogP contribution in [-0.2, 0) is 19.5 Å². The van der Waals surface area contributed by atoms with Gasteiger partial charge >= 0.3 is 0 Å². The molecule has 0 fully saturated rings. The van der Waals surface area contributed by atoms with Crippen molar-refractivity contribution >= 4 is 0 Å². The molecule has 1 aliphatic rings. The second-order valence-electron chi connectivity index (χ2n) is 4.44.